The molecule has 0 aliphatic carbocycles. The Morgan fingerprint density at radius 3 is 2.69 bits per heavy atom. The van der Waals surface area contributed by atoms with E-state index in [0.717, 1.165) is 28.7 Å². The van der Waals surface area contributed by atoms with Crippen LogP contribution < -0.4 is 0 Å². The minimum Gasteiger partial charge on any atom is -0.505 e. The Balaban J connectivity index is 2.65. The molecule has 0 unspecified atom stereocenters. The van der Waals surface area contributed by atoms with Gasteiger partial charge >= 0.3 is 0 Å². The monoisotopic (exact) mass is 216 g/mol. The van der Waals surface area contributed by atoms with E-state index in [4.69, 9.17) is 0 Å². The Morgan fingerprint density at radius 2 is 2.06 bits per heavy atom. The summed E-state index contributed by atoms with van der Waals surface area (Å²) in [7, 11) is 0. The summed E-state index contributed by atoms with van der Waals surface area (Å²) < 4.78 is 0. The van der Waals surface area contributed by atoms with Crippen molar-refractivity contribution in [2.45, 2.75) is 33.1 Å². The van der Waals surface area contributed by atoms with Gasteiger partial charge in [-0.1, -0.05) is 20.8 Å². The molecule has 84 valence electrons. The van der Waals surface area contributed by atoms with E-state index in [-0.39, 0.29) is 5.75 Å². The molecule has 0 spiro atoms. The first-order chi connectivity index (χ1) is 7.63. The predicted molar refractivity (Wildman–Crippen MR) is 64.7 cm³/mol. The number of hydrogen-bond acceptors (Lipinski definition) is 3. The highest BCUT2D eigenvalue weighted by Crippen LogP contribution is 2.27. The van der Waals surface area contributed by atoms with Crippen molar-refractivity contribution in [2.24, 2.45) is 0 Å². The second-order valence-corrected chi connectivity index (χ2v) is 4.23. The third-order valence-electron chi connectivity index (χ3n) is 2.74. The second-order valence-electron chi connectivity index (χ2n) is 4.23. The Labute approximate surface area is 95.2 Å². The molecular weight excluding hydrogens is 200 g/mol. The van der Waals surface area contributed by atoms with Crippen LogP contribution in [0.3, 0.4) is 0 Å². The van der Waals surface area contributed by atoms with Crippen molar-refractivity contribution < 1.29 is 5.11 Å². The average molecular weight is 216 g/mol. The van der Waals surface area contributed by atoms with Gasteiger partial charge in [-0.15, -0.1) is 0 Å². The smallest absolute Gasteiger partial charge is 0.146 e. The Bertz CT molecular complexity index is 521. The molecule has 0 bridgehead atoms. The standard InChI is InChI=1S/C13H16N2O/c1-4-10-13(16)9-5-6-11(8(2)3)15-12(9)7-14-10/h5-8,16H,4H2,1-3H3. The van der Waals surface area contributed by atoms with E-state index in [1.807, 2.05) is 19.1 Å². The van der Waals surface area contributed by atoms with Gasteiger partial charge < -0.3 is 5.11 Å². The molecule has 0 atom stereocenters. The third-order valence-corrected chi connectivity index (χ3v) is 2.74. The fourth-order valence-electron chi connectivity index (χ4n) is 1.73. The van der Waals surface area contributed by atoms with Gasteiger partial charge in [0.2, 0.25) is 0 Å². The summed E-state index contributed by atoms with van der Waals surface area (Å²) in [6, 6.07) is 3.89. The average Bonchev–Trinajstić information content (AvgIpc) is 2.29. The van der Waals surface area contributed by atoms with E-state index < -0.39 is 0 Å². The normalized spacial score (nSPS) is 11.2. The Hall–Kier alpha value is -1.64. The summed E-state index contributed by atoms with van der Waals surface area (Å²) in [5, 5.41) is 10.8. The predicted octanol–water partition coefficient (Wildman–Crippen LogP) is 3.02. The van der Waals surface area contributed by atoms with Crippen LogP contribution in [0.15, 0.2) is 18.3 Å². The largest absolute Gasteiger partial charge is 0.505 e. The van der Waals surface area contributed by atoms with E-state index in [1.54, 1.807) is 6.20 Å². The van der Waals surface area contributed by atoms with Crippen LogP contribution in [0.25, 0.3) is 10.9 Å². The van der Waals surface area contributed by atoms with Crippen molar-refractivity contribution in [3.05, 3.63) is 29.7 Å². The zero-order valence-electron chi connectivity index (χ0n) is 9.86. The molecule has 0 saturated heterocycles. The van der Waals surface area contributed by atoms with Gasteiger partial charge in [0.15, 0.2) is 0 Å². The fourth-order valence-corrected chi connectivity index (χ4v) is 1.73. The molecule has 2 aromatic rings. The summed E-state index contributed by atoms with van der Waals surface area (Å²) >= 11 is 0. The molecule has 3 heteroatoms. The third kappa shape index (κ3) is 1.73. The van der Waals surface area contributed by atoms with Gasteiger partial charge in [-0.3, -0.25) is 9.97 Å². The minimum absolute atomic E-state index is 0.266. The molecule has 2 heterocycles. The van der Waals surface area contributed by atoms with Gasteiger partial charge in [0.1, 0.15) is 5.75 Å². The van der Waals surface area contributed by atoms with Gasteiger partial charge in [-0.05, 0) is 24.5 Å². The number of rotatable bonds is 2. The number of nitrogens with zero attached hydrogens (tertiary/aromatic N) is 2. The van der Waals surface area contributed by atoms with Crippen LogP contribution in [0.4, 0.5) is 0 Å². The molecular formula is C13H16N2O. The van der Waals surface area contributed by atoms with Crippen LogP contribution in [0.2, 0.25) is 0 Å². The van der Waals surface area contributed by atoms with Gasteiger partial charge in [-0.25, -0.2) is 0 Å². The first kappa shape index (κ1) is 10.9. The maximum atomic E-state index is 9.98. The Morgan fingerprint density at radius 1 is 1.31 bits per heavy atom. The molecule has 16 heavy (non-hydrogen) atoms. The van der Waals surface area contributed by atoms with Crippen molar-refractivity contribution in [3.63, 3.8) is 0 Å². The van der Waals surface area contributed by atoms with Gasteiger partial charge in [0.05, 0.1) is 17.4 Å². The zero-order chi connectivity index (χ0) is 11.7. The van der Waals surface area contributed by atoms with Gasteiger partial charge in [0, 0.05) is 11.1 Å². The van der Waals surface area contributed by atoms with Crippen LogP contribution in [0, 0.1) is 0 Å². The SMILES string of the molecule is CCc1ncc2nc(C(C)C)ccc2c1O. The van der Waals surface area contributed by atoms with E-state index in [2.05, 4.69) is 23.8 Å². The van der Waals surface area contributed by atoms with Crippen molar-refractivity contribution >= 4 is 10.9 Å². The summed E-state index contributed by atoms with van der Waals surface area (Å²) in [5.41, 5.74) is 2.52. The Kier molecular flexibility index (Phi) is 2.77. The fraction of sp³-hybridized carbons (Fsp3) is 0.385. The molecule has 1 N–H and O–H groups in total. The van der Waals surface area contributed by atoms with Crippen molar-refractivity contribution in [1.29, 1.82) is 0 Å². The van der Waals surface area contributed by atoms with Crippen molar-refractivity contribution in [3.8, 4) is 5.75 Å². The molecule has 0 aromatic carbocycles. The first-order valence-corrected chi connectivity index (χ1v) is 5.61. The van der Waals surface area contributed by atoms with E-state index in [0.29, 0.717) is 5.92 Å². The number of fused-ring (bicyclic) bond motifs is 1. The number of aromatic hydroxyl groups is 1. The maximum Gasteiger partial charge on any atom is 0.146 e. The minimum atomic E-state index is 0.266. The highest BCUT2D eigenvalue weighted by atomic mass is 16.3. The van der Waals surface area contributed by atoms with Crippen LogP contribution in [0.1, 0.15) is 38.1 Å². The van der Waals surface area contributed by atoms with Gasteiger partial charge in [0.25, 0.3) is 0 Å². The molecule has 0 radical (unpaired) electrons. The van der Waals surface area contributed by atoms with Crippen LogP contribution in [0.5, 0.6) is 5.75 Å². The summed E-state index contributed by atoms with van der Waals surface area (Å²) in [6.45, 7) is 6.17. The summed E-state index contributed by atoms with van der Waals surface area (Å²) in [4.78, 5) is 8.70. The quantitative estimate of drug-likeness (QED) is 0.839. The molecule has 2 rings (SSSR count). The number of aromatic nitrogens is 2. The zero-order valence-corrected chi connectivity index (χ0v) is 9.86. The maximum absolute atomic E-state index is 9.98. The molecule has 0 aliphatic heterocycles. The number of hydrogen-bond donors (Lipinski definition) is 1. The first-order valence-electron chi connectivity index (χ1n) is 5.61. The number of pyridine rings is 2. The number of aryl methyl sites for hydroxylation is 1. The van der Waals surface area contributed by atoms with E-state index in [9.17, 15) is 5.11 Å². The second kappa shape index (κ2) is 4.08. The molecule has 0 saturated carbocycles. The summed E-state index contributed by atoms with van der Waals surface area (Å²) in [5.74, 6) is 0.653. The topological polar surface area (TPSA) is 46.0 Å². The van der Waals surface area contributed by atoms with Crippen molar-refractivity contribution in [2.75, 3.05) is 0 Å². The van der Waals surface area contributed by atoms with Crippen LogP contribution in [-0.2, 0) is 6.42 Å². The lowest BCUT2D eigenvalue weighted by Gasteiger charge is -2.08. The van der Waals surface area contributed by atoms with Crippen LogP contribution in [-0.4, -0.2) is 15.1 Å². The highest BCUT2D eigenvalue weighted by Gasteiger charge is 2.09. The lowest BCUT2D eigenvalue weighted by Crippen LogP contribution is -1.95. The summed E-state index contributed by atoms with van der Waals surface area (Å²) in [6.07, 6.45) is 2.47. The van der Waals surface area contributed by atoms with Crippen molar-refractivity contribution in [1.82, 2.24) is 9.97 Å². The van der Waals surface area contributed by atoms with E-state index >= 15 is 0 Å². The molecule has 0 fully saturated rings. The van der Waals surface area contributed by atoms with Crippen LogP contribution >= 0.6 is 0 Å². The molecule has 0 amide bonds. The lowest BCUT2D eigenvalue weighted by atomic mass is 10.1. The highest BCUT2D eigenvalue weighted by molar-refractivity contribution is 5.85. The molecule has 2 aromatic heterocycles. The van der Waals surface area contributed by atoms with Gasteiger partial charge in [-0.2, -0.15) is 0 Å². The molecule has 3 nitrogen and oxygen atoms in total. The molecule has 0 aliphatic rings. The van der Waals surface area contributed by atoms with E-state index in [1.165, 1.54) is 0 Å². The lowest BCUT2D eigenvalue weighted by molar-refractivity contribution is 0.471.